The number of aryl methyl sites for hydroxylation is 1. The molecule has 3 rings (SSSR count). The first-order chi connectivity index (χ1) is 14.3. The lowest BCUT2D eigenvalue weighted by Gasteiger charge is -2.43. The van der Waals surface area contributed by atoms with Crippen molar-refractivity contribution >= 4 is 18.3 Å². The fourth-order valence-electron chi connectivity index (χ4n) is 3.50. The Morgan fingerprint density at radius 1 is 1.40 bits per heavy atom. The number of ether oxygens (including phenoxy) is 1. The van der Waals surface area contributed by atoms with Crippen molar-refractivity contribution in [3.63, 3.8) is 0 Å². The normalized spacial score (nSPS) is 18.6. The van der Waals surface area contributed by atoms with Crippen molar-refractivity contribution in [2.24, 2.45) is 0 Å². The molecule has 1 fully saturated rings. The molecule has 1 aliphatic rings. The van der Waals surface area contributed by atoms with E-state index in [1.807, 2.05) is 51.1 Å². The van der Waals surface area contributed by atoms with Crippen LogP contribution < -0.4 is 0 Å². The monoisotopic (exact) mass is 416 g/mol. The number of carboxylic acid groups (broad SMARTS) is 1. The molecule has 2 amide bonds. The van der Waals surface area contributed by atoms with Gasteiger partial charge in [0.25, 0.3) is 12.4 Å². The quantitative estimate of drug-likeness (QED) is 0.718. The van der Waals surface area contributed by atoms with Crippen molar-refractivity contribution < 1.29 is 24.2 Å². The molecule has 0 spiro atoms. The number of imidazole rings is 1. The average Bonchev–Trinajstić information content (AvgIpc) is 3.12. The number of morpholine rings is 1. The van der Waals surface area contributed by atoms with Gasteiger partial charge in [-0.05, 0) is 26.3 Å². The molecule has 2 heterocycles. The standard InChI is InChI=1S/C20H26N4O3.CH2O2/c1-13(2)24-17(25)12-27-19(18(24)15-8-6-5-7-9-15)20(26)23(4)11-16-21-10-14(3)22-16;2-1-3/h5-10,13,18-19H,11-12H2,1-4H3,(H,21,22);1H,(H,2,3)/t18-,19+;/m1./s1. The number of amides is 2. The maximum atomic E-state index is 13.2. The van der Waals surface area contributed by atoms with Crippen LogP contribution in [0.4, 0.5) is 0 Å². The molecule has 30 heavy (non-hydrogen) atoms. The van der Waals surface area contributed by atoms with Gasteiger partial charge < -0.3 is 24.6 Å². The van der Waals surface area contributed by atoms with Crippen molar-refractivity contribution in [1.29, 1.82) is 0 Å². The van der Waals surface area contributed by atoms with Crippen LogP contribution in [0.3, 0.4) is 0 Å². The maximum Gasteiger partial charge on any atom is 0.290 e. The number of benzene rings is 1. The molecule has 9 heteroatoms. The molecule has 9 nitrogen and oxygen atoms in total. The van der Waals surface area contributed by atoms with E-state index in [2.05, 4.69) is 9.97 Å². The van der Waals surface area contributed by atoms with Crippen molar-refractivity contribution in [2.45, 2.75) is 45.5 Å². The summed E-state index contributed by atoms with van der Waals surface area (Å²) in [5, 5.41) is 6.89. The Morgan fingerprint density at radius 2 is 2.03 bits per heavy atom. The Hall–Kier alpha value is -3.20. The highest BCUT2D eigenvalue weighted by molar-refractivity contribution is 5.86. The van der Waals surface area contributed by atoms with Crippen molar-refractivity contribution in [3.05, 3.63) is 53.6 Å². The lowest BCUT2D eigenvalue weighted by Crippen LogP contribution is -2.56. The summed E-state index contributed by atoms with van der Waals surface area (Å²) < 4.78 is 5.75. The van der Waals surface area contributed by atoms with Gasteiger partial charge in [-0.1, -0.05) is 30.3 Å². The van der Waals surface area contributed by atoms with Crippen LogP contribution >= 0.6 is 0 Å². The summed E-state index contributed by atoms with van der Waals surface area (Å²) in [4.78, 5) is 44.8. The van der Waals surface area contributed by atoms with Crippen LogP contribution in [0.5, 0.6) is 0 Å². The van der Waals surface area contributed by atoms with Gasteiger partial charge in [0.2, 0.25) is 5.91 Å². The Labute approximate surface area is 175 Å². The Morgan fingerprint density at radius 3 is 2.57 bits per heavy atom. The third-order valence-corrected chi connectivity index (χ3v) is 4.72. The molecule has 2 atom stereocenters. The summed E-state index contributed by atoms with van der Waals surface area (Å²) in [6, 6.07) is 9.08. The van der Waals surface area contributed by atoms with Crippen LogP contribution in [0, 0.1) is 6.92 Å². The second-order valence-corrected chi connectivity index (χ2v) is 7.29. The topological polar surface area (TPSA) is 116 Å². The molecule has 0 saturated carbocycles. The highest BCUT2D eigenvalue weighted by Crippen LogP contribution is 2.33. The number of H-pyrrole nitrogens is 1. The van der Waals surface area contributed by atoms with Gasteiger partial charge in [0.05, 0.1) is 12.6 Å². The lowest BCUT2D eigenvalue weighted by molar-refractivity contribution is -0.171. The van der Waals surface area contributed by atoms with Gasteiger partial charge in [0.15, 0.2) is 6.10 Å². The zero-order valence-electron chi connectivity index (χ0n) is 17.6. The fraction of sp³-hybridized carbons (Fsp3) is 0.429. The average molecular weight is 416 g/mol. The predicted molar refractivity (Wildman–Crippen MR) is 109 cm³/mol. The lowest BCUT2D eigenvalue weighted by atomic mass is 9.95. The second kappa shape index (κ2) is 10.5. The SMILES string of the molecule is Cc1cnc(CN(C)C(=O)[C@H]2OCC(=O)N(C(C)C)[C@@H]2c2ccccc2)[nH]1.O=CO. The third-order valence-electron chi connectivity index (χ3n) is 4.72. The maximum absolute atomic E-state index is 13.2. The minimum atomic E-state index is -0.756. The van der Waals surface area contributed by atoms with E-state index < -0.39 is 12.1 Å². The van der Waals surface area contributed by atoms with Gasteiger partial charge >= 0.3 is 0 Å². The van der Waals surface area contributed by atoms with E-state index in [0.717, 1.165) is 11.3 Å². The van der Waals surface area contributed by atoms with Crippen LogP contribution in [0.2, 0.25) is 0 Å². The van der Waals surface area contributed by atoms with Gasteiger partial charge in [-0.2, -0.15) is 0 Å². The van der Waals surface area contributed by atoms with Crippen molar-refractivity contribution in [1.82, 2.24) is 19.8 Å². The van der Waals surface area contributed by atoms with Crippen LogP contribution in [0.25, 0.3) is 0 Å². The number of hydrogen-bond acceptors (Lipinski definition) is 5. The van der Waals surface area contributed by atoms with Crippen LogP contribution in [-0.2, 0) is 25.7 Å². The minimum absolute atomic E-state index is 0.0417. The molecule has 0 bridgehead atoms. The zero-order chi connectivity index (χ0) is 22.3. The summed E-state index contributed by atoms with van der Waals surface area (Å²) in [5.41, 5.74) is 1.83. The highest BCUT2D eigenvalue weighted by Gasteiger charge is 2.43. The minimum Gasteiger partial charge on any atom is -0.483 e. The number of aromatic nitrogens is 2. The Kier molecular flexibility index (Phi) is 8.11. The molecule has 0 radical (unpaired) electrons. The number of carbonyl (C=O) groups excluding carboxylic acids is 2. The first kappa shape index (κ1) is 23.1. The highest BCUT2D eigenvalue weighted by atomic mass is 16.5. The molecule has 0 aliphatic carbocycles. The van der Waals surface area contributed by atoms with Gasteiger partial charge in [-0.3, -0.25) is 14.4 Å². The smallest absolute Gasteiger partial charge is 0.290 e. The summed E-state index contributed by atoms with van der Waals surface area (Å²) >= 11 is 0. The molecule has 2 aromatic rings. The first-order valence-corrected chi connectivity index (χ1v) is 9.61. The van der Waals surface area contributed by atoms with Gasteiger partial charge in [-0.25, -0.2) is 4.98 Å². The largest absolute Gasteiger partial charge is 0.483 e. The van der Waals surface area contributed by atoms with E-state index in [1.54, 1.807) is 23.0 Å². The second-order valence-electron chi connectivity index (χ2n) is 7.29. The summed E-state index contributed by atoms with van der Waals surface area (Å²) in [7, 11) is 1.72. The van der Waals surface area contributed by atoms with E-state index in [0.29, 0.717) is 12.4 Å². The Balaban J connectivity index is 0.00000101. The summed E-state index contributed by atoms with van der Waals surface area (Å²) in [6.45, 7) is 5.83. The molecular formula is C21H28N4O5. The van der Waals surface area contributed by atoms with Crippen LogP contribution in [-0.4, -0.2) is 69.0 Å². The van der Waals surface area contributed by atoms with E-state index >= 15 is 0 Å². The van der Waals surface area contributed by atoms with Crippen LogP contribution in [0.1, 0.15) is 37.0 Å². The van der Waals surface area contributed by atoms with Gasteiger partial charge in [0, 0.05) is 25.0 Å². The van der Waals surface area contributed by atoms with Gasteiger partial charge in [0.1, 0.15) is 12.4 Å². The number of aromatic amines is 1. The van der Waals surface area contributed by atoms with Crippen molar-refractivity contribution in [2.75, 3.05) is 13.7 Å². The van der Waals surface area contributed by atoms with Crippen LogP contribution in [0.15, 0.2) is 36.5 Å². The first-order valence-electron chi connectivity index (χ1n) is 9.61. The van der Waals surface area contributed by atoms with Gasteiger partial charge in [-0.15, -0.1) is 0 Å². The van der Waals surface area contributed by atoms with E-state index in [4.69, 9.17) is 14.6 Å². The Bertz CT molecular complexity index is 852. The number of nitrogens with one attached hydrogen (secondary N) is 1. The fourth-order valence-corrected chi connectivity index (χ4v) is 3.50. The molecule has 1 aromatic carbocycles. The van der Waals surface area contributed by atoms with E-state index in [-0.39, 0.29) is 30.9 Å². The predicted octanol–water partition coefficient (Wildman–Crippen LogP) is 1.75. The van der Waals surface area contributed by atoms with E-state index in [9.17, 15) is 9.59 Å². The van der Waals surface area contributed by atoms with E-state index in [1.165, 1.54) is 0 Å². The molecule has 1 saturated heterocycles. The zero-order valence-corrected chi connectivity index (χ0v) is 17.6. The number of rotatable bonds is 5. The number of likely N-dealkylation sites (N-methyl/N-ethyl adjacent to an activating group) is 1. The molecule has 2 N–H and O–H groups in total. The summed E-state index contributed by atoms with van der Waals surface area (Å²) in [6.07, 6.45) is 0.977. The third kappa shape index (κ3) is 5.44. The number of nitrogens with zero attached hydrogens (tertiary/aromatic N) is 3. The molecule has 1 aromatic heterocycles. The molecule has 0 unspecified atom stereocenters. The number of carbonyl (C=O) groups is 3. The molecule has 162 valence electrons. The summed E-state index contributed by atoms with van der Waals surface area (Å²) in [5.74, 6) is 0.440. The molecular weight excluding hydrogens is 388 g/mol. The molecule has 1 aliphatic heterocycles. The number of hydrogen-bond donors (Lipinski definition) is 2. The van der Waals surface area contributed by atoms with Crippen molar-refractivity contribution in [3.8, 4) is 0 Å².